The van der Waals surface area contributed by atoms with Crippen LogP contribution >= 0.6 is 0 Å². The van der Waals surface area contributed by atoms with Gasteiger partial charge in [0.05, 0.1) is 47.5 Å². The van der Waals surface area contributed by atoms with Gasteiger partial charge in [-0.05, 0) is 19.3 Å². The van der Waals surface area contributed by atoms with Crippen LogP contribution in [0.15, 0.2) is 24.3 Å². The minimum atomic E-state index is -0.515. The molecule has 4 nitrogen and oxygen atoms in total. The van der Waals surface area contributed by atoms with Gasteiger partial charge < -0.3 is 19.7 Å². The zero-order valence-corrected chi connectivity index (χ0v) is 10.7. The highest BCUT2D eigenvalue weighted by Crippen LogP contribution is 2.78. The van der Waals surface area contributed by atoms with Crippen molar-refractivity contribution in [3.8, 4) is 0 Å². The van der Waals surface area contributed by atoms with E-state index in [-0.39, 0.29) is 25.4 Å². The largest absolute Gasteiger partial charge is 0.396 e. The second-order valence-electron chi connectivity index (χ2n) is 6.69. The van der Waals surface area contributed by atoms with Crippen LogP contribution in [0.4, 0.5) is 0 Å². The van der Waals surface area contributed by atoms with Crippen LogP contribution in [0.3, 0.4) is 0 Å². The molecule has 4 bridgehead atoms. The number of ether oxygens (including phenoxy) is 2. The highest BCUT2D eigenvalue weighted by atomic mass is 16.6. The molecule has 5 rings (SSSR count). The van der Waals surface area contributed by atoms with Crippen molar-refractivity contribution in [1.29, 1.82) is 0 Å². The van der Waals surface area contributed by atoms with Gasteiger partial charge in [-0.2, -0.15) is 0 Å². The Morgan fingerprint density at radius 3 is 2.00 bits per heavy atom. The number of hydrogen-bond donors (Lipinski definition) is 2. The molecule has 3 fully saturated rings. The third-order valence-corrected chi connectivity index (χ3v) is 6.60. The van der Waals surface area contributed by atoms with Crippen LogP contribution < -0.4 is 0 Å². The van der Waals surface area contributed by atoms with Crippen molar-refractivity contribution < 1.29 is 19.7 Å². The van der Waals surface area contributed by atoms with Crippen molar-refractivity contribution in [3.63, 3.8) is 0 Å². The Bertz CT molecular complexity index is 488. The summed E-state index contributed by atoms with van der Waals surface area (Å²) in [5, 5.41) is 20.5. The maximum absolute atomic E-state index is 10.3. The molecule has 2 N–H and O–H groups in total. The molecular formula is C15H18O4. The average Bonchev–Trinajstić information content (AvgIpc) is 3.13. The third-order valence-electron chi connectivity index (χ3n) is 6.60. The van der Waals surface area contributed by atoms with Crippen LogP contribution in [0.25, 0.3) is 0 Å². The van der Waals surface area contributed by atoms with E-state index >= 15 is 0 Å². The van der Waals surface area contributed by atoms with Crippen molar-refractivity contribution in [2.24, 2.45) is 10.8 Å². The Morgan fingerprint density at radius 2 is 1.53 bits per heavy atom. The first kappa shape index (κ1) is 11.0. The molecule has 4 heterocycles. The molecule has 0 aromatic heterocycles. The summed E-state index contributed by atoms with van der Waals surface area (Å²) in [6.45, 7) is 0.0102. The van der Waals surface area contributed by atoms with Crippen molar-refractivity contribution >= 4 is 0 Å². The van der Waals surface area contributed by atoms with Gasteiger partial charge in [-0.3, -0.25) is 0 Å². The van der Waals surface area contributed by atoms with Crippen LogP contribution in [0.1, 0.15) is 19.3 Å². The Labute approximate surface area is 111 Å². The molecule has 0 aromatic rings. The van der Waals surface area contributed by atoms with E-state index in [1.165, 1.54) is 0 Å². The van der Waals surface area contributed by atoms with Gasteiger partial charge >= 0.3 is 0 Å². The minimum Gasteiger partial charge on any atom is -0.396 e. The number of fused-ring (bicyclic) bond motifs is 4. The predicted octanol–water partition coefficient (Wildman–Crippen LogP) is 0.542. The molecule has 1 saturated carbocycles. The Hall–Kier alpha value is -0.680. The summed E-state index contributed by atoms with van der Waals surface area (Å²) in [5.41, 5.74) is -1.93. The summed E-state index contributed by atoms with van der Waals surface area (Å²) in [4.78, 5) is 0. The molecule has 4 aliphatic heterocycles. The monoisotopic (exact) mass is 262 g/mol. The van der Waals surface area contributed by atoms with Crippen molar-refractivity contribution in [1.82, 2.24) is 0 Å². The van der Waals surface area contributed by atoms with Crippen LogP contribution in [0.2, 0.25) is 0 Å². The summed E-state index contributed by atoms with van der Waals surface area (Å²) >= 11 is 0. The highest BCUT2D eigenvalue weighted by Gasteiger charge is 2.87. The number of aliphatic hydroxyl groups excluding tert-OH is 2. The lowest BCUT2D eigenvalue weighted by atomic mass is 9.43. The van der Waals surface area contributed by atoms with Crippen LogP contribution in [-0.4, -0.2) is 46.8 Å². The lowest BCUT2D eigenvalue weighted by Gasteiger charge is -2.57. The molecule has 1 aliphatic carbocycles. The van der Waals surface area contributed by atoms with E-state index in [1.807, 2.05) is 0 Å². The summed E-state index contributed by atoms with van der Waals surface area (Å²) in [6, 6.07) is 0. The molecule has 2 unspecified atom stereocenters. The van der Waals surface area contributed by atoms with Crippen molar-refractivity contribution in [3.05, 3.63) is 24.3 Å². The topological polar surface area (TPSA) is 58.9 Å². The second kappa shape index (κ2) is 2.84. The molecule has 2 saturated heterocycles. The number of aliphatic hydroxyl groups is 2. The van der Waals surface area contributed by atoms with E-state index in [0.717, 1.165) is 19.3 Å². The van der Waals surface area contributed by atoms with E-state index in [9.17, 15) is 10.2 Å². The molecule has 0 radical (unpaired) electrons. The van der Waals surface area contributed by atoms with Gasteiger partial charge in [0, 0.05) is 0 Å². The molecule has 19 heavy (non-hydrogen) atoms. The number of rotatable bonds is 2. The molecule has 102 valence electrons. The summed E-state index contributed by atoms with van der Waals surface area (Å²) in [5.74, 6) is 0. The Morgan fingerprint density at radius 1 is 0.947 bits per heavy atom. The summed E-state index contributed by atoms with van der Waals surface area (Å²) < 4.78 is 12.6. The molecular weight excluding hydrogens is 244 g/mol. The number of hydrogen-bond acceptors (Lipinski definition) is 4. The zero-order chi connectivity index (χ0) is 12.9. The van der Waals surface area contributed by atoms with Gasteiger partial charge in [-0.15, -0.1) is 0 Å². The fraction of sp³-hybridized carbons (Fsp3) is 0.733. The van der Waals surface area contributed by atoms with E-state index in [4.69, 9.17) is 9.47 Å². The lowest BCUT2D eigenvalue weighted by molar-refractivity contribution is -0.163. The zero-order valence-electron chi connectivity index (χ0n) is 10.7. The highest BCUT2D eigenvalue weighted by molar-refractivity contribution is 5.48. The van der Waals surface area contributed by atoms with Crippen LogP contribution in [-0.2, 0) is 9.47 Å². The van der Waals surface area contributed by atoms with Crippen molar-refractivity contribution in [2.45, 2.75) is 42.7 Å². The first-order valence-corrected chi connectivity index (χ1v) is 7.16. The normalized spacial score (nSPS) is 63.1. The SMILES string of the molecule is OCC12[C@@H]3C=C[C@@]4(CCC[C@]5(C=C[C@H]1O5)C24CO)O3. The second-order valence-corrected chi connectivity index (χ2v) is 6.69. The molecule has 4 heteroatoms. The average molecular weight is 262 g/mol. The molecule has 6 atom stereocenters. The quantitative estimate of drug-likeness (QED) is 0.713. The smallest absolute Gasteiger partial charge is 0.0989 e. The van der Waals surface area contributed by atoms with Gasteiger partial charge in [0.25, 0.3) is 0 Å². The standard InChI is InChI=1S/C15H18O4/c16-8-14-10-2-6-12(18-10)4-1-5-13(15(12,14)9-17)7-3-11(14)19-13/h2-3,6-7,10-11,16-17H,1,4-5,8-9H2/t10-,11+,12+,13-,14?,15?. The van der Waals surface area contributed by atoms with Gasteiger partial charge in [-0.25, -0.2) is 0 Å². The first-order valence-electron chi connectivity index (χ1n) is 7.16. The van der Waals surface area contributed by atoms with Gasteiger partial charge in [0.1, 0.15) is 0 Å². The molecule has 5 aliphatic rings. The van der Waals surface area contributed by atoms with Crippen molar-refractivity contribution in [2.75, 3.05) is 13.2 Å². The van der Waals surface area contributed by atoms with E-state index in [0.29, 0.717) is 0 Å². The Kier molecular flexibility index (Phi) is 1.65. The fourth-order valence-corrected chi connectivity index (χ4v) is 5.98. The first-order chi connectivity index (χ1) is 9.20. The van der Waals surface area contributed by atoms with Gasteiger partial charge in [0.15, 0.2) is 0 Å². The Balaban J connectivity index is 1.88. The van der Waals surface area contributed by atoms with Crippen LogP contribution in [0.5, 0.6) is 0 Å². The van der Waals surface area contributed by atoms with E-state index in [1.54, 1.807) is 0 Å². The fourth-order valence-electron chi connectivity index (χ4n) is 5.98. The molecule has 0 amide bonds. The van der Waals surface area contributed by atoms with Gasteiger partial charge in [-0.1, -0.05) is 24.3 Å². The predicted molar refractivity (Wildman–Crippen MR) is 66.4 cm³/mol. The van der Waals surface area contributed by atoms with Crippen LogP contribution in [0, 0.1) is 10.8 Å². The lowest BCUT2D eigenvalue weighted by Crippen LogP contribution is -2.68. The molecule has 0 aromatic carbocycles. The third kappa shape index (κ3) is 0.736. The summed E-state index contributed by atoms with van der Waals surface area (Å²) in [6.07, 6.45) is 11.0. The van der Waals surface area contributed by atoms with E-state index < -0.39 is 22.0 Å². The minimum absolute atomic E-state index is 0.00106. The van der Waals surface area contributed by atoms with Gasteiger partial charge in [0.2, 0.25) is 0 Å². The molecule has 2 spiro atoms. The van der Waals surface area contributed by atoms with E-state index in [2.05, 4.69) is 24.3 Å². The maximum atomic E-state index is 10.3. The summed E-state index contributed by atoms with van der Waals surface area (Å²) in [7, 11) is 0. The maximum Gasteiger partial charge on any atom is 0.0989 e.